The van der Waals surface area contributed by atoms with Gasteiger partial charge in [-0.05, 0) is 59.8 Å². The van der Waals surface area contributed by atoms with E-state index in [0.29, 0.717) is 15.6 Å². The topological polar surface area (TPSA) is 75.8 Å². The number of amidine groups is 1. The van der Waals surface area contributed by atoms with Gasteiger partial charge in [0.15, 0.2) is 5.17 Å². The molecule has 0 aliphatic carbocycles. The van der Waals surface area contributed by atoms with Gasteiger partial charge in [0.1, 0.15) is 0 Å². The minimum atomic E-state index is -0.450. The van der Waals surface area contributed by atoms with E-state index in [4.69, 9.17) is 0 Å². The molecule has 0 spiro atoms. The molecule has 29 heavy (non-hydrogen) atoms. The van der Waals surface area contributed by atoms with Crippen LogP contribution in [-0.2, 0) is 4.79 Å². The smallest absolute Gasteiger partial charge is 0.268 e. The summed E-state index contributed by atoms with van der Waals surface area (Å²) in [6.45, 7) is 0. The molecule has 0 saturated carbocycles. The number of para-hydroxylation sites is 2. The van der Waals surface area contributed by atoms with E-state index < -0.39 is 4.92 Å². The molecule has 0 N–H and O–H groups in total. The molecule has 1 heterocycles. The van der Waals surface area contributed by atoms with Crippen LogP contribution in [0.4, 0.5) is 17.1 Å². The maximum absolute atomic E-state index is 13.1. The fourth-order valence-electron chi connectivity index (χ4n) is 2.81. The Balaban J connectivity index is 1.72. The number of anilines is 1. The molecule has 1 aliphatic rings. The van der Waals surface area contributed by atoms with Crippen LogP contribution in [0.1, 0.15) is 5.56 Å². The molecule has 1 amide bonds. The molecule has 4 rings (SSSR count). The highest BCUT2D eigenvalue weighted by molar-refractivity contribution is 8.19. The van der Waals surface area contributed by atoms with Gasteiger partial charge in [-0.2, -0.15) is 0 Å². The molecular weight excluding hydrogens is 386 g/mol. The monoisotopic (exact) mass is 401 g/mol. The van der Waals surface area contributed by atoms with E-state index in [1.165, 1.54) is 23.9 Å². The molecule has 0 unspecified atom stereocenters. The number of rotatable bonds is 4. The second kappa shape index (κ2) is 8.12. The number of aliphatic imine (C=N–C) groups is 1. The first kappa shape index (κ1) is 18.6. The number of carbonyl (C=O) groups is 1. The zero-order valence-corrected chi connectivity index (χ0v) is 16.0. The number of carbonyl (C=O) groups excluding carboxylic acids is 1. The van der Waals surface area contributed by atoms with Gasteiger partial charge in [0.2, 0.25) is 0 Å². The standard InChI is InChI=1S/C22H15N3O3S/c26-21-20(15-16-11-13-19(14-12-16)25(27)28)29-22(23-17-7-3-1-4-8-17)24(21)18-9-5-2-6-10-18/h1-15H. The molecule has 0 bridgehead atoms. The van der Waals surface area contributed by atoms with Gasteiger partial charge < -0.3 is 0 Å². The number of hydrogen-bond donors (Lipinski definition) is 0. The SMILES string of the molecule is O=C1C(=Cc2ccc([N+](=O)[O-])cc2)SC(=Nc2ccccc2)N1c1ccccc1. The van der Waals surface area contributed by atoms with Gasteiger partial charge in [-0.3, -0.25) is 19.8 Å². The minimum absolute atomic E-state index is 0.00907. The maximum Gasteiger partial charge on any atom is 0.271 e. The lowest BCUT2D eigenvalue weighted by molar-refractivity contribution is -0.384. The van der Waals surface area contributed by atoms with Crippen LogP contribution >= 0.6 is 11.8 Å². The van der Waals surface area contributed by atoms with Crippen LogP contribution < -0.4 is 4.90 Å². The number of nitro benzene ring substituents is 1. The number of hydrogen-bond acceptors (Lipinski definition) is 5. The number of benzene rings is 3. The van der Waals surface area contributed by atoms with Crippen LogP contribution in [0.5, 0.6) is 0 Å². The van der Waals surface area contributed by atoms with Gasteiger partial charge in [-0.25, -0.2) is 4.99 Å². The highest BCUT2D eigenvalue weighted by Gasteiger charge is 2.34. The third-order valence-corrected chi connectivity index (χ3v) is 5.17. The molecule has 142 valence electrons. The highest BCUT2D eigenvalue weighted by atomic mass is 32.2. The fraction of sp³-hybridized carbons (Fsp3) is 0. The predicted molar refractivity (Wildman–Crippen MR) is 116 cm³/mol. The van der Waals surface area contributed by atoms with Crippen molar-refractivity contribution in [1.29, 1.82) is 0 Å². The summed E-state index contributed by atoms with van der Waals surface area (Å²) in [6, 6.07) is 24.9. The Labute approximate surface area is 171 Å². The third kappa shape index (κ3) is 4.09. The summed E-state index contributed by atoms with van der Waals surface area (Å²) in [5, 5.41) is 11.4. The highest BCUT2D eigenvalue weighted by Crippen LogP contribution is 2.37. The van der Waals surface area contributed by atoms with E-state index in [9.17, 15) is 14.9 Å². The normalized spacial score (nSPS) is 16.6. The molecule has 1 fully saturated rings. The maximum atomic E-state index is 13.1. The van der Waals surface area contributed by atoms with Crippen molar-refractivity contribution >= 4 is 46.0 Å². The van der Waals surface area contributed by atoms with Crippen LogP contribution in [0.15, 0.2) is 94.8 Å². The summed E-state index contributed by atoms with van der Waals surface area (Å²) in [7, 11) is 0. The van der Waals surface area contributed by atoms with Crippen molar-refractivity contribution in [2.45, 2.75) is 0 Å². The van der Waals surface area contributed by atoms with Crippen molar-refractivity contribution in [3.05, 3.63) is 106 Å². The Morgan fingerprint density at radius 1 is 0.897 bits per heavy atom. The van der Waals surface area contributed by atoms with Crippen molar-refractivity contribution in [1.82, 2.24) is 0 Å². The molecular formula is C22H15N3O3S. The Kier molecular flexibility index (Phi) is 5.22. The lowest BCUT2D eigenvalue weighted by Crippen LogP contribution is -2.28. The van der Waals surface area contributed by atoms with Crippen LogP contribution in [-0.4, -0.2) is 16.0 Å². The van der Waals surface area contributed by atoms with E-state index in [-0.39, 0.29) is 11.6 Å². The molecule has 7 heteroatoms. The minimum Gasteiger partial charge on any atom is -0.268 e. The second-order valence-electron chi connectivity index (χ2n) is 6.17. The van der Waals surface area contributed by atoms with Crippen molar-refractivity contribution in [2.75, 3.05) is 4.90 Å². The third-order valence-electron chi connectivity index (χ3n) is 4.20. The largest absolute Gasteiger partial charge is 0.271 e. The second-order valence-corrected chi connectivity index (χ2v) is 7.17. The molecule has 0 radical (unpaired) electrons. The van der Waals surface area contributed by atoms with Crippen LogP contribution in [0.25, 0.3) is 6.08 Å². The summed E-state index contributed by atoms with van der Waals surface area (Å²) < 4.78 is 0. The van der Waals surface area contributed by atoms with Gasteiger partial charge >= 0.3 is 0 Å². The summed E-state index contributed by atoms with van der Waals surface area (Å²) in [6.07, 6.45) is 1.72. The number of nitro groups is 1. The van der Waals surface area contributed by atoms with Crippen LogP contribution in [0.3, 0.4) is 0 Å². The zero-order chi connectivity index (χ0) is 20.2. The number of non-ortho nitro benzene ring substituents is 1. The van der Waals surface area contributed by atoms with E-state index in [1.807, 2.05) is 60.7 Å². The number of amides is 1. The van der Waals surface area contributed by atoms with Gasteiger partial charge in [0.05, 0.1) is 21.2 Å². The van der Waals surface area contributed by atoms with E-state index in [2.05, 4.69) is 4.99 Å². The van der Waals surface area contributed by atoms with Gasteiger partial charge in [-0.1, -0.05) is 36.4 Å². The zero-order valence-electron chi connectivity index (χ0n) is 15.1. The first-order valence-corrected chi connectivity index (χ1v) is 9.61. The van der Waals surface area contributed by atoms with E-state index in [1.54, 1.807) is 23.1 Å². The summed E-state index contributed by atoms with van der Waals surface area (Å²) in [4.78, 5) is 30.2. The van der Waals surface area contributed by atoms with Crippen LogP contribution in [0.2, 0.25) is 0 Å². The number of thioether (sulfide) groups is 1. The Hall–Kier alpha value is -3.71. The van der Waals surface area contributed by atoms with Crippen molar-refractivity contribution in [2.24, 2.45) is 4.99 Å². The fourth-order valence-corrected chi connectivity index (χ4v) is 3.81. The van der Waals surface area contributed by atoms with Crippen molar-refractivity contribution < 1.29 is 9.72 Å². The Morgan fingerprint density at radius 2 is 1.52 bits per heavy atom. The molecule has 3 aromatic carbocycles. The Morgan fingerprint density at radius 3 is 2.14 bits per heavy atom. The molecule has 1 saturated heterocycles. The van der Waals surface area contributed by atoms with Gasteiger partial charge in [-0.15, -0.1) is 0 Å². The van der Waals surface area contributed by atoms with Gasteiger partial charge in [0, 0.05) is 12.1 Å². The average Bonchev–Trinajstić information content (AvgIpc) is 3.04. The molecule has 1 aliphatic heterocycles. The molecule has 0 aromatic heterocycles. The quantitative estimate of drug-likeness (QED) is 0.333. The molecule has 6 nitrogen and oxygen atoms in total. The van der Waals surface area contributed by atoms with Crippen molar-refractivity contribution in [3.8, 4) is 0 Å². The summed E-state index contributed by atoms with van der Waals surface area (Å²) in [5.74, 6) is -0.186. The molecule has 3 aromatic rings. The van der Waals surface area contributed by atoms with E-state index >= 15 is 0 Å². The summed E-state index contributed by atoms with van der Waals surface area (Å²) >= 11 is 1.28. The van der Waals surface area contributed by atoms with Gasteiger partial charge in [0.25, 0.3) is 11.6 Å². The first-order valence-electron chi connectivity index (χ1n) is 8.79. The first-order chi connectivity index (χ1) is 14.1. The summed E-state index contributed by atoms with van der Waals surface area (Å²) in [5.41, 5.74) is 2.20. The molecule has 0 atom stereocenters. The average molecular weight is 401 g/mol. The Bertz CT molecular complexity index is 1110. The van der Waals surface area contributed by atoms with Crippen molar-refractivity contribution in [3.63, 3.8) is 0 Å². The lowest BCUT2D eigenvalue weighted by atomic mass is 10.2. The van der Waals surface area contributed by atoms with E-state index in [0.717, 1.165) is 11.4 Å². The lowest BCUT2D eigenvalue weighted by Gasteiger charge is -2.15. The van der Waals surface area contributed by atoms with Crippen LogP contribution in [0, 0.1) is 10.1 Å². The number of nitrogens with zero attached hydrogens (tertiary/aromatic N) is 3. The predicted octanol–water partition coefficient (Wildman–Crippen LogP) is 5.40.